The first-order valence-electron chi connectivity index (χ1n) is 7.19. The molecule has 0 radical (unpaired) electrons. The van der Waals surface area contributed by atoms with Gasteiger partial charge in [-0.1, -0.05) is 18.2 Å². The van der Waals surface area contributed by atoms with E-state index >= 15 is 0 Å². The molecule has 0 saturated heterocycles. The number of rotatable bonds is 3. The Kier molecular flexibility index (Phi) is 3.13. The Morgan fingerprint density at radius 2 is 2.14 bits per heavy atom. The number of hydrogen-bond donors (Lipinski definition) is 2. The van der Waals surface area contributed by atoms with E-state index in [1.165, 1.54) is 15.8 Å². The summed E-state index contributed by atoms with van der Waals surface area (Å²) < 4.78 is 1.24. The summed E-state index contributed by atoms with van der Waals surface area (Å²) in [4.78, 5) is 4.66. The Hall–Kier alpha value is -1.91. The molecule has 1 aliphatic carbocycles. The lowest BCUT2D eigenvalue weighted by molar-refractivity contribution is 0.474. The molecule has 2 N–H and O–H groups in total. The van der Waals surface area contributed by atoms with Crippen LogP contribution >= 0.6 is 11.3 Å². The van der Waals surface area contributed by atoms with Crippen molar-refractivity contribution in [2.75, 3.05) is 0 Å². The summed E-state index contributed by atoms with van der Waals surface area (Å²) in [6.45, 7) is 0.796. The minimum atomic E-state index is 0.362. The van der Waals surface area contributed by atoms with Crippen LogP contribution in [0.1, 0.15) is 28.6 Å². The van der Waals surface area contributed by atoms with E-state index in [1.54, 1.807) is 17.4 Å². The fourth-order valence-electron chi connectivity index (χ4n) is 3.02. The van der Waals surface area contributed by atoms with Gasteiger partial charge in [0.1, 0.15) is 10.8 Å². The molecule has 0 aliphatic heterocycles. The highest BCUT2D eigenvalue weighted by atomic mass is 32.1. The molecule has 1 unspecified atom stereocenters. The fourth-order valence-corrected chi connectivity index (χ4v) is 3.94. The number of benzene rings is 2. The van der Waals surface area contributed by atoms with E-state index in [0.29, 0.717) is 11.8 Å². The molecule has 1 heterocycles. The highest BCUT2D eigenvalue weighted by molar-refractivity contribution is 7.18. The summed E-state index contributed by atoms with van der Waals surface area (Å²) in [5.74, 6) is 0.362. The van der Waals surface area contributed by atoms with Crippen molar-refractivity contribution in [1.82, 2.24) is 10.3 Å². The van der Waals surface area contributed by atoms with Crippen molar-refractivity contribution in [1.29, 1.82) is 0 Å². The van der Waals surface area contributed by atoms with Gasteiger partial charge in [0, 0.05) is 12.6 Å². The lowest BCUT2D eigenvalue weighted by Crippen LogP contribution is -2.18. The van der Waals surface area contributed by atoms with Crippen molar-refractivity contribution in [2.45, 2.75) is 25.4 Å². The van der Waals surface area contributed by atoms with Crippen molar-refractivity contribution in [3.05, 3.63) is 58.6 Å². The number of thiazole rings is 1. The van der Waals surface area contributed by atoms with Gasteiger partial charge in [-0.2, -0.15) is 0 Å². The van der Waals surface area contributed by atoms with E-state index in [-0.39, 0.29) is 0 Å². The molecule has 2 aromatic carbocycles. The van der Waals surface area contributed by atoms with E-state index in [9.17, 15) is 5.11 Å². The van der Waals surface area contributed by atoms with Crippen LogP contribution in [0, 0.1) is 0 Å². The largest absolute Gasteiger partial charge is 0.508 e. The number of nitrogens with one attached hydrogen (secondary N) is 1. The SMILES string of the molecule is Oc1ccc2c(c1)CCC2NCc1nc2ccccc2s1. The van der Waals surface area contributed by atoms with Gasteiger partial charge >= 0.3 is 0 Å². The number of fused-ring (bicyclic) bond motifs is 2. The number of aromatic hydroxyl groups is 1. The molecule has 1 atom stereocenters. The van der Waals surface area contributed by atoms with Gasteiger partial charge < -0.3 is 10.4 Å². The third-order valence-electron chi connectivity index (χ3n) is 4.04. The van der Waals surface area contributed by atoms with Gasteiger partial charge in [0.15, 0.2) is 0 Å². The molecule has 3 nitrogen and oxygen atoms in total. The van der Waals surface area contributed by atoms with Crippen molar-refractivity contribution in [3.63, 3.8) is 0 Å². The van der Waals surface area contributed by atoms with Crippen LogP contribution in [-0.2, 0) is 13.0 Å². The van der Waals surface area contributed by atoms with Crippen LogP contribution < -0.4 is 5.32 Å². The number of hydrogen-bond acceptors (Lipinski definition) is 4. The van der Waals surface area contributed by atoms with Gasteiger partial charge in [0.25, 0.3) is 0 Å². The molecule has 0 amide bonds. The highest BCUT2D eigenvalue weighted by Gasteiger charge is 2.22. The van der Waals surface area contributed by atoms with E-state index in [0.717, 1.165) is 29.9 Å². The second-order valence-corrected chi connectivity index (χ2v) is 6.55. The second-order valence-electron chi connectivity index (χ2n) is 5.43. The molecule has 106 valence electrons. The van der Waals surface area contributed by atoms with E-state index in [1.807, 2.05) is 18.2 Å². The van der Waals surface area contributed by atoms with Crippen LogP contribution in [0.3, 0.4) is 0 Å². The number of phenolic OH excluding ortho intramolecular Hbond substituents is 1. The topological polar surface area (TPSA) is 45.1 Å². The first-order valence-corrected chi connectivity index (χ1v) is 8.01. The van der Waals surface area contributed by atoms with Crippen LogP contribution in [0.15, 0.2) is 42.5 Å². The summed E-state index contributed by atoms with van der Waals surface area (Å²) in [7, 11) is 0. The Morgan fingerprint density at radius 3 is 3.05 bits per heavy atom. The molecule has 0 bridgehead atoms. The molecule has 3 aromatic rings. The molecule has 0 fully saturated rings. The van der Waals surface area contributed by atoms with Gasteiger partial charge in [0.2, 0.25) is 0 Å². The summed E-state index contributed by atoms with van der Waals surface area (Å²) in [6, 6.07) is 14.3. The van der Waals surface area contributed by atoms with Gasteiger partial charge in [-0.3, -0.25) is 0 Å². The predicted octanol–water partition coefficient (Wildman–Crippen LogP) is 3.78. The molecule has 21 heavy (non-hydrogen) atoms. The average molecular weight is 296 g/mol. The quantitative estimate of drug-likeness (QED) is 0.773. The highest BCUT2D eigenvalue weighted by Crippen LogP contribution is 2.33. The van der Waals surface area contributed by atoms with Crippen LogP contribution in [0.5, 0.6) is 5.75 Å². The molecule has 1 aromatic heterocycles. The minimum Gasteiger partial charge on any atom is -0.508 e. The fraction of sp³-hybridized carbons (Fsp3) is 0.235. The monoisotopic (exact) mass is 296 g/mol. The number of nitrogens with zero attached hydrogens (tertiary/aromatic N) is 1. The zero-order valence-electron chi connectivity index (χ0n) is 11.5. The van der Waals surface area contributed by atoms with Crippen molar-refractivity contribution in [3.8, 4) is 5.75 Å². The minimum absolute atomic E-state index is 0.362. The Labute approximate surface area is 127 Å². The van der Waals surface area contributed by atoms with E-state index < -0.39 is 0 Å². The van der Waals surface area contributed by atoms with E-state index in [2.05, 4.69) is 28.5 Å². The maximum Gasteiger partial charge on any atom is 0.115 e. The maximum absolute atomic E-state index is 9.54. The van der Waals surface area contributed by atoms with Crippen LogP contribution in [0.4, 0.5) is 0 Å². The lowest BCUT2D eigenvalue weighted by atomic mass is 10.1. The van der Waals surface area contributed by atoms with Crippen LogP contribution in [0.25, 0.3) is 10.2 Å². The predicted molar refractivity (Wildman–Crippen MR) is 85.6 cm³/mol. The molecule has 1 aliphatic rings. The Balaban J connectivity index is 1.51. The Morgan fingerprint density at radius 1 is 1.24 bits per heavy atom. The zero-order valence-corrected chi connectivity index (χ0v) is 12.4. The lowest BCUT2D eigenvalue weighted by Gasteiger charge is -2.12. The summed E-state index contributed by atoms with van der Waals surface area (Å²) in [5.41, 5.74) is 3.65. The third-order valence-corrected chi connectivity index (χ3v) is 5.08. The molecular formula is C17H16N2OS. The third kappa shape index (κ3) is 2.41. The average Bonchev–Trinajstić information content (AvgIpc) is 3.07. The number of phenols is 1. The van der Waals surface area contributed by atoms with Crippen LogP contribution in [0.2, 0.25) is 0 Å². The number of para-hydroxylation sites is 1. The summed E-state index contributed by atoms with van der Waals surface area (Å²) in [6.07, 6.45) is 2.12. The van der Waals surface area contributed by atoms with Gasteiger partial charge in [0.05, 0.1) is 10.2 Å². The molecule has 4 rings (SSSR count). The Bertz CT molecular complexity index is 763. The van der Waals surface area contributed by atoms with Gasteiger partial charge in [-0.25, -0.2) is 4.98 Å². The standard InChI is InChI=1S/C17H16N2OS/c20-12-6-7-13-11(9-12)5-8-14(13)18-10-17-19-15-3-1-2-4-16(15)21-17/h1-4,6-7,9,14,18,20H,5,8,10H2. The number of aromatic nitrogens is 1. The normalized spacial score (nSPS) is 17.2. The molecule has 0 spiro atoms. The molecule has 0 saturated carbocycles. The van der Waals surface area contributed by atoms with Crippen molar-refractivity contribution < 1.29 is 5.11 Å². The first-order chi connectivity index (χ1) is 10.3. The first kappa shape index (κ1) is 12.8. The maximum atomic E-state index is 9.54. The van der Waals surface area contributed by atoms with Crippen molar-refractivity contribution in [2.24, 2.45) is 0 Å². The zero-order chi connectivity index (χ0) is 14.2. The summed E-state index contributed by atoms with van der Waals surface area (Å²) >= 11 is 1.75. The smallest absolute Gasteiger partial charge is 0.115 e. The second kappa shape index (κ2) is 5.13. The van der Waals surface area contributed by atoms with Crippen molar-refractivity contribution >= 4 is 21.6 Å². The van der Waals surface area contributed by atoms with E-state index in [4.69, 9.17) is 0 Å². The van der Waals surface area contributed by atoms with Crippen LogP contribution in [-0.4, -0.2) is 10.1 Å². The van der Waals surface area contributed by atoms with Gasteiger partial charge in [-0.05, 0) is 48.2 Å². The van der Waals surface area contributed by atoms with Gasteiger partial charge in [-0.15, -0.1) is 11.3 Å². The number of aryl methyl sites for hydroxylation is 1. The molecular weight excluding hydrogens is 280 g/mol. The molecule has 4 heteroatoms. The summed E-state index contributed by atoms with van der Waals surface area (Å²) in [5, 5.41) is 14.3.